The summed E-state index contributed by atoms with van der Waals surface area (Å²) >= 11 is 0. The number of aryl methyl sites for hydroxylation is 1. The number of carbonyl (C=O) groups is 1. The highest BCUT2D eigenvalue weighted by Gasteiger charge is 2.16. The van der Waals surface area contributed by atoms with Crippen molar-refractivity contribution in [3.8, 4) is 11.3 Å². The molecule has 1 heterocycles. The lowest BCUT2D eigenvalue weighted by atomic mass is 10.0. The molecule has 5 aromatic rings. The van der Waals surface area contributed by atoms with E-state index < -0.39 is 10.0 Å². The van der Waals surface area contributed by atoms with E-state index in [1.807, 2.05) is 54.6 Å². The molecule has 0 fully saturated rings. The van der Waals surface area contributed by atoms with Crippen LogP contribution in [0.1, 0.15) is 15.9 Å². The summed E-state index contributed by atoms with van der Waals surface area (Å²) in [6, 6.07) is 28.9. The lowest BCUT2D eigenvalue weighted by Gasteiger charge is -2.13. The van der Waals surface area contributed by atoms with Gasteiger partial charge in [0, 0.05) is 33.3 Å². The predicted octanol–water partition coefficient (Wildman–Crippen LogP) is 5.25. The highest BCUT2D eigenvalue weighted by Crippen LogP contribution is 2.32. The summed E-state index contributed by atoms with van der Waals surface area (Å²) in [5, 5.41) is 21.9. The third-order valence-electron chi connectivity index (χ3n) is 5.90. The standard InChI is InChI=1S/C28H23N5O3S/c1-18-11-12-20(17-25(18)37(29,35)36)26-23-9-5-6-10-24(23)27(33-32-26)30-22-15-13-19(14-16-22)28(34)31-21-7-3-2-4-8-21/h2-17H,1H3,(H,30,33)(H,31,34)(H2,29,35,36). The molecule has 9 heteroatoms. The predicted molar refractivity (Wildman–Crippen MR) is 145 cm³/mol. The minimum absolute atomic E-state index is 0.0504. The largest absolute Gasteiger partial charge is 0.338 e. The van der Waals surface area contributed by atoms with Crippen molar-refractivity contribution in [1.82, 2.24) is 10.2 Å². The average molecular weight is 510 g/mol. The number of primary sulfonamides is 1. The molecule has 5 rings (SSSR count). The van der Waals surface area contributed by atoms with Gasteiger partial charge in [-0.2, -0.15) is 0 Å². The fraction of sp³-hybridized carbons (Fsp3) is 0.0357. The van der Waals surface area contributed by atoms with Crippen molar-refractivity contribution in [3.63, 3.8) is 0 Å². The van der Waals surface area contributed by atoms with Crippen molar-refractivity contribution in [3.05, 3.63) is 108 Å². The van der Waals surface area contributed by atoms with Gasteiger partial charge in [-0.25, -0.2) is 13.6 Å². The molecular formula is C28H23N5O3S. The minimum atomic E-state index is -3.88. The van der Waals surface area contributed by atoms with Crippen LogP contribution in [-0.4, -0.2) is 24.5 Å². The van der Waals surface area contributed by atoms with Gasteiger partial charge in [-0.05, 0) is 55.0 Å². The zero-order valence-corrected chi connectivity index (χ0v) is 20.7. The number of carbonyl (C=O) groups excluding carboxylic acids is 1. The van der Waals surface area contributed by atoms with Crippen LogP contribution >= 0.6 is 0 Å². The number of hydrogen-bond donors (Lipinski definition) is 3. The molecule has 1 amide bonds. The lowest BCUT2D eigenvalue weighted by Crippen LogP contribution is -2.13. The van der Waals surface area contributed by atoms with Crippen molar-refractivity contribution < 1.29 is 13.2 Å². The lowest BCUT2D eigenvalue weighted by molar-refractivity contribution is 0.102. The van der Waals surface area contributed by atoms with Gasteiger partial charge in [0.05, 0.1) is 4.90 Å². The van der Waals surface area contributed by atoms with Crippen LogP contribution in [0.25, 0.3) is 22.0 Å². The topological polar surface area (TPSA) is 127 Å². The smallest absolute Gasteiger partial charge is 0.255 e. The number of rotatable bonds is 6. The van der Waals surface area contributed by atoms with Crippen molar-refractivity contribution in [2.75, 3.05) is 10.6 Å². The number of anilines is 3. The monoisotopic (exact) mass is 509 g/mol. The number of para-hydroxylation sites is 1. The second-order valence-electron chi connectivity index (χ2n) is 8.49. The zero-order chi connectivity index (χ0) is 26.0. The third-order valence-corrected chi connectivity index (χ3v) is 6.95. The summed E-state index contributed by atoms with van der Waals surface area (Å²) in [6.07, 6.45) is 0. The van der Waals surface area contributed by atoms with Crippen LogP contribution in [-0.2, 0) is 10.0 Å². The Bertz CT molecular complexity index is 1720. The Morgan fingerprint density at radius 2 is 1.46 bits per heavy atom. The van der Waals surface area contributed by atoms with Gasteiger partial charge in [0.25, 0.3) is 5.91 Å². The van der Waals surface area contributed by atoms with Crippen LogP contribution in [0.15, 0.2) is 102 Å². The van der Waals surface area contributed by atoms with Gasteiger partial charge in [0.2, 0.25) is 10.0 Å². The quantitative estimate of drug-likeness (QED) is 0.287. The van der Waals surface area contributed by atoms with E-state index >= 15 is 0 Å². The SMILES string of the molecule is Cc1ccc(-c2nnc(Nc3ccc(C(=O)Nc4ccccc4)cc3)c3ccccc23)cc1S(N)(=O)=O. The van der Waals surface area contributed by atoms with E-state index in [1.165, 1.54) is 6.07 Å². The van der Waals surface area contributed by atoms with E-state index in [4.69, 9.17) is 5.14 Å². The number of aromatic nitrogens is 2. The average Bonchev–Trinajstić information content (AvgIpc) is 2.90. The molecule has 0 aliphatic carbocycles. The fourth-order valence-corrected chi connectivity index (χ4v) is 4.84. The van der Waals surface area contributed by atoms with E-state index in [9.17, 15) is 13.2 Å². The highest BCUT2D eigenvalue weighted by atomic mass is 32.2. The van der Waals surface area contributed by atoms with E-state index in [2.05, 4.69) is 20.8 Å². The number of nitrogens with one attached hydrogen (secondary N) is 2. The van der Waals surface area contributed by atoms with Crippen molar-refractivity contribution in [2.45, 2.75) is 11.8 Å². The van der Waals surface area contributed by atoms with E-state index in [-0.39, 0.29) is 10.8 Å². The second-order valence-corrected chi connectivity index (χ2v) is 10.0. The molecular weight excluding hydrogens is 486 g/mol. The number of benzene rings is 4. The second kappa shape index (κ2) is 9.81. The van der Waals surface area contributed by atoms with Crippen LogP contribution in [0.2, 0.25) is 0 Å². The number of fused-ring (bicyclic) bond motifs is 1. The molecule has 8 nitrogen and oxygen atoms in total. The maximum Gasteiger partial charge on any atom is 0.255 e. The van der Waals surface area contributed by atoms with Crippen LogP contribution in [0.3, 0.4) is 0 Å². The Hall–Kier alpha value is -4.60. The molecule has 4 N–H and O–H groups in total. The maximum absolute atomic E-state index is 12.5. The Kier molecular flexibility index (Phi) is 6.39. The molecule has 1 aromatic heterocycles. The van der Waals surface area contributed by atoms with Gasteiger partial charge < -0.3 is 10.6 Å². The molecule has 184 valence electrons. The van der Waals surface area contributed by atoms with Gasteiger partial charge in [0.1, 0.15) is 5.69 Å². The molecule has 0 bridgehead atoms. The summed E-state index contributed by atoms with van der Waals surface area (Å²) < 4.78 is 24.0. The number of amides is 1. The van der Waals surface area contributed by atoms with Gasteiger partial charge >= 0.3 is 0 Å². The maximum atomic E-state index is 12.5. The molecule has 37 heavy (non-hydrogen) atoms. The van der Waals surface area contributed by atoms with E-state index in [0.29, 0.717) is 28.2 Å². The van der Waals surface area contributed by atoms with Gasteiger partial charge in [0.15, 0.2) is 5.82 Å². The molecule has 0 saturated carbocycles. The molecule has 0 radical (unpaired) electrons. The van der Waals surface area contributed by atoms with Crippen LogP contribution in [0.5, 0.6) is 0 Å². The van der Waals surface area contributed by atoms with Crippen molar-refractivity contribution in [2.24, 2.45) is 5.14 Å². The Labute approximate surface area is 214 Å². The summed E-state index contributed by atoms with van der Waals surface area (Å²) in [7, 11) is -3.88. The normalized spacial score (nSPS) is 11.3. The molecule has 0 aliphatic rings. The Morgan fingerprint density at radius 1 is 0.784 bits per heavy atom. The molecule has 0 unspecified atom stereocenters. The molecule has 4 aromatic carbocycles. The minimum Gasteiger partial charge on any atom is -0.338 e. The summed E-state index contributed by atoms with van der Waals surface area (Å²) in [6.45, 7) is 1.69. The van der Waals surface area contributed by atoms with Gasteiger partial charge in [-0.15, -0.1) is 10.2 Å². The van der Waals surface area contributed by atoms with Crippen molar-refractivity contribution in [1.29, 1.82) is 0 Å². The first-order chi connectivity index (χ1) is 17.8. The number of nitrogens with two attached hydrogens (primary N) is 1. The third kappa shape index (κ3) is 5.18. The zero-order valence-electron chi connectivity index (χ0n) is 19.8. The van der Waals surface area contributed by atoms with E-state index in [0.717, 1.165) is 22.1 Å². The van der Waals surface area contributed by atoms with E-state index in [1.54, 1.807) is 43.3 Å². The molecule has 0 saturated heterocycles. The van der Waals surface area contributed by atoms with Gasteiger partial charge in [-0.1, -0.05) is 54.6 Å². The number of sulfonamides is 1. The molecule has 0 aliphatic heterocycles. The van der Waals surface area contributed by atoms with Crippen LogP contribution in [0, 0.1) is 6.92 Å². The van der Waals surface area contributed by atoms with Crippen molar-refractivity contribution >= 4 is 43.9 Å². The first-order valence-electron chi connectivity index (χ1n) is 11.4. The first-order valence-corrected chi connectivity index (χ1v) is 13.0. The summed E-state index contributed by atoms with van der Waals surface area (Å²) in [5.74, 6) is 0.323. The highest BCUT2D eigenvalue weighted by molar-refractivity contribution is 7.89. The molecule has 0 atom stereocenters. The fourth-order valence-electron chi connectivity index (χ4n) is 4.03. The van der Waals surface area contributed by atoms with Crippen LogP contribution in [0.4, 0.5) is 17.2 Å². The van der Waals surface area contributed by atoms with Gasteiger partial charge in [-0.3, -0.25) is 4.79 Å². The number of nitrogens with zero attached hydrogens (tertiary/aromatic N) is 2. The Balaban J connectivity index is 1.44. The number of hydrogen-bond acceptors (Lipinski definition) is 6. The Morgan fingerprint density at radius 3 is 2.16 bits per heavy atom. The van der Waals surface area contributed by atoms with Crippen LogP contribution < -0.4 is 15.8 Å². The first kappa shape index (κ1) is 24.1. The summed E-state index contributed by atoms with van der Waals surface area (Å²) in [4.78, 5) is 12.6. The molecule has 0 spiro atoms. The summed E-state index contributed by atoms with van der Waals surface area (Å²) in [5.41, 5.74) is 3.67.